The van der Waals surface area contributed by atoms with Crippen molar-refractivity contribution in [1.29, 1.82) is 0 Å². The van der Waals surface area contributed by atoms with Crippen LogP contribution >= 0.6 is 0 Å². The van der Waals surface area contributed by atoms with Crippen molar-refractivity contribution in [3.05, 3.63) is 0 Å². The van der Waals surface area contributed by atoms with Crippen molar-refractivity contribution < 1.29 is 9.57 Å². The number of morpholine rings is 1. The van der Waals surface area contributed by atoms with Gasteiger partial charge in [-0.05, 0) is 6.42 Å². The Morgan fingerprint density at radius 2 is 2.50 bits per heavy atom. The van der Waals surface area contributed by atoms with Gasteiger partial charge < -0.3 is 14.9 Å². The molecule has 0 bridgehead atoms. The third kappa shape index (κ3) is 3.49. The number of nitrogens with one attached hydrogen (secondary N) is 1. The smallest absolute Gasteiger partial charge is 0.0713 e. The fraction of sp³-hybridized carbons (Fsp3) is 1.00. The molecule has 0 spiro atoms. The number of rotatable bonds is 4. The molecule has 0 radical (unpaired) electrons. The highest BCUT2D eigenvalue weighted by molar-refractivity contribution is 4.67. The molecule has 0 amide bonds. The molecular weight excluding hydrogens is 156 g/mol. The van der Waals surface area contributed by atoms with E-state index in [-0.39, 0.29) is 0 Å². The van der Waals surface area contributed by atoms with Gasteiger partial charge in [-0.2, -0.15) is 5.06 Å². The van der Waals surface area contributed by atoms with Crippen LogP contribution in [0, 0.1) is 0 Å². The predicted octanol–water partition coefficient (Wildman–Crippen LogP) is -0.142. The SMILES string of the molecule is CON(C)CCC1CNCCO1. The van der Waals surface area contributed by atoms with E-state index in [0.717, 1.165) is 32.7 Å². The van der Waals surface area contributed by atoms with E-state index >= 15 is 0 Å². The molecular formula is C8H18N2O2. The largest absolute Gasteiger partial charge is 0.376 e. The second-order valence-electron chi connectivity index (χ2n) is 3.02. The molecule has 4 heteroatoms. The Kier molecular flexibility index (Phi) is 4.53. The molecule has 1 aliphatic heterocycles. The maximum absolute atomic E-state index is 5.53. The van der Waals surface area contributed by atoms with Crippen LogP contribution in [0.25, 0.3) is 0 Å². The molecule has 0 aromatic rings. The summed E-state index contributed by atoms with van der Waals surface area (Å²) in [4.78, 5) is 5.00. The first kappa shape index (κ1) is 9.92. The molecule has 0 aliphatic carbocycles. The van der Waals surface area contributed by atoms with Crippen LogP contribution in [0.4, 0.5) is 0 Å². The zero-order chi connectivity index (χ0) is 8.81. The minimum absolute atomic E-state index is 0.358. The molecule has 4 nitrogen and oxygen atoms in total. The van der Waals surface area contributed by atoms with Crippen LogP contribution in [0.2, 0.25) is 0 Å². The van der Waals surface area contributed by atoms with Crippen LogP contribution in [-0.4, -0.2) is 51.6 Å². The minimum atomic E-state index is 0.358. The van der Waals surface area contributed by atoms with Gasteiger partial charge in [-0.3, -0.25) is 0 Å². The molecule has 0 aromatic carbocycles. The Balaban J connectivity index is 2.05. The first-order valence-electron chi connectivity index (χ1n) is 4.40. The summed E-state index contributed by atoms with van der Waals surface area (Å²) < 4.78 is 5.53. The van der Waals surface area contributed by atoms with Crippen molar-refractivity contribution in [3.63, 3.8) is 0 Å². The number of hydrogen-bond acceptors (Lipinski definition) is 4. The molecule has 1 aliphatic rings. The van der Waals surface area contributed by atoms with Crippen molar-refractivity contribution in [2.75, 3.05) is 40.4 Å². The standard InChI is InChI=1S/C8H18N2O2/c1-10(11-2)5-3-8-7-9-4-6-12-8/h8-9H,3-7H2,1-2H3. The fourth-order valence-corrected chi connectivity index (χ4v) is 1.22. The first-order valence-corrected chi connectivity index (χ1v) is 4.40. The van der Waals surface area contributed by atoms with Crippen molar-refractivity contribution >= 4 is 0 Å². The van der Waals surface area contributed by atoms with Gasteiger partial charge in [0, 0.05) is 26.7 Å². The monoisotopic (exact) mass is 174 g/mol. The lowest BCUT2D eigenvalue weighted by atomic mass is 10.2. The summed E-state index contributed by atoms with van der Waals surface area (Å²) in [5.74, 6) is 0. The quantitative estimate of drug-likeness (QED) is 0.601. The van der Waals surface area contributed by atoms with E-state index in [0.29, 0.717) is 6.10 Å². The molecule has 72 valence electrons. The number of nitrogens with zero attached hydrogens (tertiary/aromatic N) is 1. The fourth-order valence-electron chi connectivity index (χ4n) is 1.22. The van der Waals surface area contributed by atoms with Crippen LogP contribution < -0.4 is 5.32 Å². The lowest BCUT2D eigenvalue weighted by Gasteiger charge is -2.25. The van der Waals surface area contributed by atoms with Crippen LogP contribution in [-0.2, 0) is 9.57 Å². The second kappa shape index (κ2) is 5.48. The number of ether oxygens (including phenoxy) is 1. The Labute approximate surface area is 73.8 Å². The Hall–Kier alpha value is -0.160. The van der Waals surface area contributed by atoms with E-state index in [1.165, 1.54) is 0 Å². The highest BCUT2D eigenvalue weighted by Crippen LogP contribution is 2.01. The van der Waals surface area contributed by atoms with E-state index in [2.05, 4.69) is 5.32 Å². The average Bonchev–Trinajstić information content (AvgIpc) is 2.16. The van der Waals surface area contributed by atoms with Gasteiger partial charge in [-0.15, -0.1) is 0 Å². The lowest BCUT2D eigenvalue weighted by Crippen LogP contribution is -2.40. The van der Waals surface area contributed by atoms with Crippen molar-refractivity contribution in [2.24, 2.45) is 0 Å². The summed E-state index contributed by atoms with van der Waals surface area (Å²) in [6, 6.07) is 0. The lowest BCUT2D eigenvalue weighted by molar-refractivity contribution is -0.117. The zero-order valence-electron chi connectivity index (χ0n) is 7.88. The Bertz CT molecular complexity index is 116. The maximum Gasteiger partial charge on any atom is 0.0713 e. The van der Waals surface area contributed by atoms with Crippen LogP contribution in [0.15, 0.2) is 0 Å². The Morgan fingerprint density at radius 3 is 3.08 bits per heavy atom. The van der Waals surface area contributed by atoms with E-state index in [4.69, 9.17) is 9.57 Å². The van der Waals surface area contributed by atoms with E-state index in [9.17, 15) is 0 Å². The van der Waals surface area contributed by atoms with Crippen LogP contribution in [0.5, 0.6) is 0 Å². The van der Waals surface area contributed by atoms with Gasteiger partial charge in [0.05, 0.1) is 19.8 Å². The molecule has 1 N–H and O–H groups in total. The zero-order valence-corrected chi connectivity index (χ0v) is 7.88. The number of hydroxylamine groups is 2. The van der Waals surface area contributed by atoms with Gasteiger partial charge in [-0.1, -0.05) is 0 Å². The van der Waals surface area contributed by atoms with Crippen molar-refractivity contribution in [1.82, 2.24) is 10.4 Å². The third-order valence-electron chi connectivity index (χ3n) is 2.08. The summed E-state index contributed by atoms with van der Waals surface area (Å²) in [6.07, 6.45) is 1.38. The van der Waals surface area contributed by atoms with Crippen molar-refractivity contribution in [2.45, 2.75) is 12.5 Å². The van der Waals surface area contributed by atoms with E-state index < -0.39 is 0 Å². The highest BCUT2D eigenvalue weighted by Gasteiger charge is 2.13. The molecule has 1 rings (SSSR count). The van der Waals surface area contributed by atoms with Crippen LogP contribution in [0.3, 0.4) is 0 Å². The summed E-state index contributed by atoms with van der Waals surface area (Å²) in [5, 5.41) is 5.11. The summed E-state index contributed by atoms with van der Waals surface area (Å²) in [5.41, 5.74) is 0. The maximum atomic E-state index is 5.53. The molecule has 0 saturated carbocycles. The van der Waals surface area contributed by atoms with E-state index in [1.54, 1.807) is 7.11 Å². The van der Waals surface area contributed by atoms with Gasteiger partial charge in [0.25, 0.3) is 0 Å². The number of hydrogen-bond donors (Lipinski definition) is 1. The molecule has 1 saturated heterocycles. The molecule has 1 heterocycles. The summed E-state index contributed by atoms with van der Waals surface area (Å²) in [7, 11) is 3.61. The predicted molar refractivity (Wildman–Crippen MR) is 46.9 cm³/mol. The van der Waals surface area contributed by atoms with Gasteiger partial charge in [0.1, 0.15) is 0 Å². The Morgan fingerprint density at radius 1 is 1.67 bits per heavy atom. The topological polar surface area (TPSA) is 33.7 Å². The summed E-state index contributed by atoms with van der Waals surface area (Å²) >= 11 is 0. The van der Waals surface area contributed by atoms with Crippen molar-refractivity contribution in [3.8, 4) is 0 Å². The average molecular weight is 174 g/mol. The molecule has 1 atom stereocenters. The van der Waals surface area contributed by atoms with Gasteiger partial charge >= 0.3 is 0 Å². The molecule has 0 aromatic heterocycles. The minimum Gasteiger partial charge on any atom is -0.376 e. The first-order chi connectivity index (χ1) is 5.83. The van der Waals surface area contributed by atoms with Gasteiger partial charge in [0.15, 0.2) is 0 Å². The molecule has 1 unspecified atom stereocenters. The highest BCUT2D eigenvalue weighted by atomic mass is 16.7. The van der Waals surface area contributed by atoms with Crippen LogP contribution in [0.1, 0.15) is 6.42 Å². The molecule has 12 heavy (non-hydrogen) atoms. The van der Waals surface area contributed by atoms with Gasteiger partial charge in [-0.25, -0.2) is 0 Å². The third-order valence-corrected chi connectivity index (χ3v) is 2.08. The van der Waals surface area contributed by atoms with E-state index in [1.807, 2.05) is 12.1 Å². The second-order valence-corrected chi connectivity index (χ2v) is 3.02. The summed E-state index contributed by atoms with van der Waals surface area (Å²) in [6.45, 7) is 3.71. The van der Waals surface area contributed by atoms with Gasteiger partial charge in [0.2, 0.25) is 0 Å². The normalized spacial score (nSPS) is 24.8. The molecule has 1 fully saturated rings.